The minimum atomic E-state index is -0.232. The van der Waals surface area contributed by atoms with Crippen LogP contribution >= 0.6 is 11.3 Å². The second-order valence-corrected chi connectivity index (χ2v) is 5.84. The summed E-state index contributed by atoms with van der Waals surface area (Å²) in [5.74, 6) is 0. The summed E-state index contributed by atoms with van der Waals surface area (Å²) in [5.41, 5.74) is 3.08. The Bertz CT molecular complexity index is 342. The van der Waals surface area contributed by atoms with Gasteiger partial charge in [-0.25, -0.2) is 4.98 Å². The van der Waals surface area contributed by atoms with Crippen LogP contribution in [0.3, 0.4) is 0 Å². The molecule has 0 amide bonds. The lowest BCUT2D eigenvalue weighted by molar-refractivity contribution is 0.0334. The van der Waals surface area contributed by atoms with Gasteiger partial charge < -0.3 is 5.11 Å². The van der Waals surface area contributed by atoms with Gasteiger partial charge in [-0.1, -0.05) is 6.92 Å². The number of aliphatic hydroxyl groups excluding tert-OH is 1. The Morgan fingerprint density at radius 2 is 2.39 bits per heavy atom. The zero-order valence-electron chi connectivity index (χ0n) is 11.2. The van der Waals surface area contributed by atoms with Crippen molar-refractivity contribution in [1.82, 2.24) is 14.8 Å². The van der Waals surface area contributed by atoms with Gasteiger partial charge in [-0.15, -0.1) is 11.3 Å². The molecule has 18 heavy (non-hydrogen) atoms. The molecule has 4 nitrogen and oxygen atoms in total. The van der Waals surface area contributed by atoms with Crippen LogP contribution in [0.5, 0.6) is 0 Å². The number of hydrogen-bond acceptors (Lipinski definition) is 5. The van der Waals surface area contributed by atoms with E-state index in [0.29, 0.717) is 6.04 Å². The first-order valence-electron chi connectivity index (χ1n) is 6.70. The zero-order chi connectivity index (χ0) is 13.0. The highest BCUT2D eigenvalue weighted by Crippen LogP contribution is 2.15. The second-order valence-electron chi connectivity index (χ2n) is 5.12. The Morgan fingerprint density at radius 3 is 3.00 bits per heavy atom. The number of nitrogens with zero attached hydrogens (tertiary/aromatic N) is 3. The molecule has 1 aromatic rings. The lowest BCUT2D eigenvalue weighted by atomic mass is 10.1. The normalized spacial score (nSPS) is 24.3. The van der Waals surface area contributed by atoms with Crippen molar-refractivity contribution < 1.29 is 5.11 Å². The Hall–Kier alpha value is -0.490. The van der Waals surface area contributed by atoms with Crippen LogP contribution in [0.25, 0.3) is 0 Å². The average Bonchev–Trinajstić information content (AvgIpc) is 2.83. The van der Waals surface area contributed by atoms with Gasteiger partial charge in [-0.2, -0.15) is 0 Å². The van der Waals surface area contributed by atoms with Crippen molar-refractivity contribution in [2.75, 3.05) is 26.2 Å². The number of hydrogen-bond donors (Lipinski definition) is 1. The number of thiazole rings is 1. The third kappa shape index (κ3) is 3.75. The summed E-state index contributed by atoms with van der Waals surface area (Å²) in [4.78, 5) is 9.24. The monoisotopic (exact) mass is 269 g/mol. The Balaban J connectivity index is 1.87. The van der Waals surface area contributed by atoms with Gasteiger partial charge in [-0.3, -0.25) is 9.80 Å². The number of piperazine rings is 1. The van der Waals surface area contributed by atoms with Crippen LogP contribution in [0.4, 0.5) is 0 Å². The lowest BCUT2D eigenvalue weighted by Gasteiger charge is -2.41. The van der Waals surface area contributed by atoms with Crippen LogP contribution in [0.1, 0.15) is 26.0 Å². The Morgan fingerprint density at radius 1 is 1.56 bits per heavy atom. The summed E-state index contributed by atoms with van der Waals surface area (Å²) in [7, 11) is 0. The molecule has 0 aromatic carbocycles. The molecule has 0 unspecified atom stereocenters. The third-order valence-electron chi connectivity index (χ3n) is 3.53. The predicted octanol–water partition coefficient (Wildman–Crippen LogP) is 1.42. The van der Waals surface area contributed by atoms with Crippen molar-refractivity contribution in [2.24, 2.45) is 0 Å². The molecule has 1 fully saturated rings. The van der Waals surface area contributed by atoms with E-state index in [0.717, 1.165) is 39.1 Å². The summed E-state index contributed by atoms with van der Waals surface area (Å²) in [5, 5.41) is 11.7. The Labute approximate surface area is 113 Å². The molecule has 1 aromatic heterocycles. The molecule has 5 heteroatoms. The molecule has 102 valence electrons. The van der Waals surface area contributed by atoms with E-state index < -0.39 is 0 Å². The largest absolute Gasteiger partial charge is 0.392 e. The van der Waals surface area contributed by atoms with E-state index in [2.05, 4.69) is 27.1 Å². The van der Waals surface area contributed by atoms with Crippen LogP contribution in [0.2, 0.25) is 0 Å². The maximum Gasteiger partial charge on any atom is 0.0795 e. The standard InChI is InChI=1S/C13H23N3OS/c1-3-13-8-15(7-12-9-18-10-14-12)4-5-16(13)6-11(2)17/h9-11,13,17H,3-8H2,1-2H3/t11-,13+/m0/s1. The average molecular weight is 269 g/mol. The fraction of sp³-hybridized carbons (Fsp3) is 0.769. The smallest absolute Gasteiger partial charge is 0.0795 e. The number of aliphatic hydroxyl groups is 1. The molecule has 0 bridgehead atoms. The molecule has 1 aliphatic rings. The zero-order valence-corrected chi connectivity index (χ0v) is 12.1. The SMILES string of the molecule is CC[C@@H]1CN(Cc2cscn2)CCN1C[C@H](C)O. The fourth-order valence-corrected chi connectivity index (χ4v) is 3.16. The van der Waals surface area contributed by atoms with Crippen LogP contribution in [0.15, 0.2) is 10.9 Å². The second kappa shape index (κ2) is 6.61. The summed E-state index contributed by atoms with van der Waals surface area (Å²) in [6.45, 7) is 9.06. The minimum absolute atomic E-state index is 0.232. The number of aromatic nitrogens is 1. The maximum atomic E-state index is 9.53. The van der Waals surface area contributed by atoms with Gasteiger partial charge in [0.25, 0.3) is 0 Å². The number of β-amino-alcohol motifs (C(OH)–C–C–N with tert-alkyl or cyclic N) is 1. The van der Waals surface area contributed by atoms with Gasteiger partial charge >= 0.3 is 0 Å². The van der Waals surface area contributed by atoms with E-state index in [9.17, 15) is 5.11 Å². The predicted molar refractivity (Wildman–Crippen MR) is 74.7 cm³/mol. The van der Waals surface area contributed by atoms with Crippen molar-refractivity contribution in [1.29, 1.82) is 0 Å². The van der Waals surface area contributed by atoms with Gasteiger partial charge in [0.05, 0.1) is 17.3 Å². The summed E-state index contributed by atoms with van der Waals surface area (Å²) < 4.78 is 0. The topological polar surface area (TPSA) is 39.6 Å². The first-order valence-corrected chi connectivity index (χ1v) is 7.64. The van der Waals surface area contributed by atoms with Crippen molar-refractivity contribution in [3.63, 3.8) is 0 Å². The van der Waals surface area contributed by atoms with E-state index >= 15 is 0 Å². The molecule has 2 rings (SSSR count). The van der Waals surface area contributed by atoms with Gasteiger partial charge in [0.2, 0.25) is 0 Å². The molecule has 0 saturated carbocycles. The van der Waals surface area contributed by atoms with E-state index in [4.69, 9.17) is 0 Å². The molecule has 1 N–H and O–H groups in total. The van der Waals surface area contributed by atoms with Crippen molar-refractivity contribution in [3.05, 3.63) is 16.6 Å². The molecular weight excluding hydrogens is 246 g/mol. The molecule has 0 aliphatic carbocycles. The molecule has 2 heterocycles. The van der Waals surface area contributed by atoms with Crippen molar-refractivity contribution in [2.45, 2.75) is 39.0 Å². The van der Waals surface area contributed by atoms with E-state index in [1.807, 2.05) is 12.4 Å². The van der Waals surface area contributed by atoms with Gasteiger partial charge in [0, 0.05) is 44.1 Å². The lowest BCUT2D eigenvalue weighted by Crippen LogP contribution is -2.54. The van der Waals surface area contributed by atoms with Crippen LogP contribution in [0, 0.1) is 0 Å². The van der Waals surface area contributed by atoms with Gasteiger partial charge in [-0.05, 0) is 13.3 Å². The fourth-order valence-electron chi connectivity index (χ4n) is 2.61. The highest BCUT2D eigenvalue weighted by atomic mass is 32.1. The van der Waals surface area contributed by atoms with E-state index in [-0.39, 0.29) is 6.10 Å². The highest BCUT2D eigenvalue weighted by molar-refractivity contribution is 7.07. The minimum Gasteiger partial charge on any atom is -0.392 e. The summed E-state index contributed by atoms with van der Waals surface area (Å²) >= 11 is 1.66. The molecule has 2 atom stereocenters. The third-order valence-corrected chi connectivity index (χ3v) is 4.16. The molecule has 0 radical (unpaired) electrons. The molecule has 1 saturated heterocycles. The highest BCUT2D eigenvalue weighted by Gasteiger charge is 2.26. The quantitative estimate of drug-likeness (QED) is 0.877. The van der Waals surface area contributed by atoms with Crippen LogP contribution in [-0.4, -0.2) is 58.2 Å². The molecular formula is C13H23N3OS. The molecule has 0 spiro atoms. The maximum absolute atomic E-state index is 9.53. The first kappa shape index (κ1) is 13.9. The van der Waals surface area contributed by atoms with Crippen LogP contribution in [-0.2, 0) is 6.54 Å². The van der Waals surface area contributed by atoms with Crippen molar-refractivity contribution >= 4 is 11.3 Å². The van der Waals surface area contributed by atoms with Gasteiger partial charge in [0.1, 0.15) is 0 Å². The van der Waals surface area contributed by atoms with E-state index in [1.54, 1.807) is 11.3 Å². The van der Waals surface area contributed by atoms with Crippen LogP contribution < -0.4 is 0 Å². The summed E-state index contributed by atoms with van der Waals surface area (Å²) in [6.07, 6.45) is 0.907. The first-order chi connectivity index (χ1) is 8.69. The van der Waals surface area contributed by atoms with E-state index in [1.165, 1.54) is 5.69 Å². The Kier molecular flexibility index (Phi) is 5.12. The van der Waals surface area contributed by atoms with Gasteiger partial charge in [0.15, 0.2) is 0 Å². The molecule has 1 aliphatic heterocycles. The summed E-state index contributed by atoms with van der Waals surface area (Å²) in [6, 6.07) is 0.562. The number of rotatable bonds is 5. The van der Waals surface area contributed by atoms with Crippen molar-refractivity contribution in [3.8, 4) is 0 Å².